The molecule has 3 heterocycles. The van der Waals surface area contributed by atoms with Crippen molar-refractivity contribution in [3.8, 4) is 0 Å². The molecule has 2 aromatic heterocycles. The van der Waals surface area contributed by atoms with Crippen molar-refractivity contribution in [1.29, 1.82) is 0 Å². The predicted octanol–water partition coefficient (Wildman–Crippen LogP) is 0.908. The van der Waals surface area contributed by atoms with Crippen molar-refractivity contribution in [3.05, 3.63) is 42.4 Å². The molecule has 0 aromatic carbocycles. The van der Waals surface area contributed by atoms with Crippen molar-refractivity contribution < 1.29 is 9.90 Å². The summed E-state index contributed by atoms with van der Waals surface area (Å²) in [4.78, 5) is 20.2. The van der Waals surface area contributed by atoms with E-state index in [2.05, 4.69) is 20.1 Å². The van der Waals surface area contributed by atoms with Gasteiger partial charge in [-0.25, -0.2) is 4.98 Å². The first-order valence-electron chi connectivity index (χ1n) is 7.71. The summed E-state index contributed by atoms with van der Waals surface area (Å²) in [5.74, 6) is 0.680. The number of hydrogen-bond donors (Lipinski definition) is 2. The number of rotatable bonds is 4. The van der Waals surface area contributed by atoms with Crippen molar-refractivity contribution in [3.63, 3.8) is 0 Å². The molecule has 23 heavy (non-hydrogen) atoms. The van der Waals surface area contributed by atoms with Crippen LogP contribution in [0.4, 0.5) is 5.82 Å². The van der Waals surface area contributed by atoms with Gasteiger partial charge in [-0.05, 0) is 31.0 Å². The monoisotopic (exact) mass is 315 g/mol. The van der Waals surface area contributed by atoms with E-state index in [0.717, 1.165) is 18.8 Å². The number of nitrogens with zero attached hydrogens (tertiary/aromatic N) is 4. The average molecular weight is 315 g/mol. The molecule has 0 bridgehead atoms. The molecule has 1 amide bonds. The number of amides is 1. The molecule has 1 aliphatic heterocycles. The first-order valence-corrected chi connectivity index (χ1v) is 7.71. The molecule has 0 aliphatic carbocycles. The number of piperidine rings is 1. The van der Waals surface area contributed by atoms with E-state index in [0.29, 0.717) is 18.7 Å². The lowest BCUT2D eigenvalue weighted by Gasteiger charge is -2.41. The van der Waals surface area contributed by atoms with Crippen LogP contribution in [0.25, 0.3) is 0 Å². The number of pyridine rings is 1. The molecular weight excluding hydrogens is 294 g/mol. The van der Waals surface area contributed by atoms with Crippen LogP contribution in [0.15, 0.2) is 36.7 Å². The van der Waals surface area contributed by atoms with Crippen molar-refractivity contribution >= 4 is 11.7 Å². The molecule has 3 rings (SSSR count). The van der Waals surface area contributed by atoms with Gasteiger partial charge in [0.2, 0.25) is 0 Å². The van der Waals surface area contributed by atoms with E-state index in [-0.39, 0.29) is 12.5 Å². The van der Waals surface area contributed by atoms with Gasteiger partial charge in [0.25, 0.3) is 5.91 Å². The maximum absolute atomic E-state index is 12.3. The van der Waals surface area contributed by atoms with Crippen LogP contribution in [0.1, 0.15) is 23.3 Å². The first-order chi connectivity index (χ1) is 11.1. The molecule has 0 saturated carbocycles. The third-order valence-corrected chi connectivity index (χ3v) is 4.14. The average Bonchev–Trinajstić information content (AvgIpc) is 3.09. The molecule has 2 aromatic rings. The van der Waals surface area contributed by atoms with Crippen LogP contribution in [-0.4, -0.2) is 63.4 Å². The summed E-state index contributed by atoms with van der Waals surface area (Å²) < 4.78 is 0. The van der Waals surface area contributed by atoms with Crippen LogP contribution in [0.5, 0.6) is 0 Å². The van der Waals surface area contributed by atoms with E-state index in [1.165, 1.54) is 4.90 Å². The summed E-state index contributed by atoms with van der Waals surface area (Å²) in [6, 6.07) is 7.37. The highest BCUT2D eigenvalue weighted by Gasteiger charge is 2.36. The summed E-state index contributed by atoms with van der Waals surface area (Å²) in [7, 11) is 1.70. The maximum atomic E-state index is 12.3. The summed E-state index contributed by atoms with van der Waals surface area (Å²) in [5, 5.41) is 17.4. The first kappa shape index (κ1) is 15.5. The van der Waals surface area contributed by atoms with Crippen LogP contribution in [0.3, 0.4) is 0 Å². The van der Waals surface area contributed by atoms with Crippen LogP contribution >= 0.6 is 0 Å². The predicted molar refractivity (Wildman–Crippen MR) is 86.2 cm³/mol. The van der Waals surface area contributed by atoms with E-state index in [4.69, 9.17) is 0 Å². The van der Waals surface area contributed by atoms with Gasteiger partial charge in [-0.15, -0.1) is 0 Å². The highest BCUT2D eigenvalue weighted by Crippen LogP contribution is 2.25. The van der Waals surface area contributed by atoms with Gasteiger partial charge in [0.05, 0.1) is 12.1 Å². The van der Waals surface area contributed by atoms with E-state index >= 15 is 0 Å². The van der Waals surface area contributed by atoms with Crippen molar-refractivity contribution in [2.24, 2.45) is 0 Å². The summed E-state index contributed by atoms with van der Waals surface area (Å²) in [5.41, 5.74) is -0.520. The van der Waals surface area contributed by atoms with Crippen molar-refractivity contribution in [2.45, 2.75) is 18.4 Å². The van der Waals surface area contributed by atoms with Crippen LogP contribution in [-0.2, 0) is 0 Å². The van der Waals surface area contributed by atoms with Crippen LogP contribution < -0.4 is 4.90 Å². The highest BCUT2D eigenvalue weighted by atomic mass is 16.3. The van der Waals surface area contributed by atoms with E-state index in [9.17, 15) is 9.90 Å². The Labute approximate surface area is 134 Å². The summed E-state index contributed by atoms with van der Waals surface area (Å²) >= 11 is 0. The minimum absolute atomic E-state index is 0.175. The Hall–Kier alpha value is -2.41. The third kappa shape index (κ3) is 3.50. The molecule has 1 atom stereocenters. The van der Waals surface area contributed by atoms with E-state index < -0.39 is 5.60 Å². The lowest BCUT2D eigenvalue weighted by Crippen LogP contribution is -2.54. The highest BCUT2D eigenvalue weighted by molar-refractivity contribution is 5.92. The molecule has 1 saturated heterocycles. The zero-order valence-corrected chi connectivity index (χ0v) is 13.1. The largest absolute Gasteiger partial charge is 0.386 e. The second-order valence-electron chi connectivity index (χ2n) is 6.07. The zero-order valence-electron chi connectivity index (χ0n) is 13.1. The lowest BCUT2D eigenvalue weighted by atomic mass is 9.92. The Bertz CT molecular complexity index is 646. The van der Waals surface area contributed by atoms with Gasteiger partial charge < -0.3 is 14.9 Å². The maximum Gasteiger partial charge on any atom is 0.271 e. The van der Waals surface area contributed by atoms with Gasteiger partial charge in [0.15, 0.2) is 0 Å². The quantitative estimate of drug-likeness (QED) is 0.876. The SMILES string of the molecule is CN(C[C@@]1(O)CCCN(c2ccccn2)C1)C(=O)c1ccn[nH]1. The van der Waals surface area contributed by atoms with Gasteiger partial charge in [0.1, 0.15) is 11.5 Å². The van der Waals surface area contributed by atoms with Gasteiger partial charge in [-0.3, -0.25) is 9.89 Å². The molecule has 1 aliphatic rings. The minimum atomic E-state index is -0.944. The number of β-amino-alcohol motifs (C(OH)–C–C–N with tert-alkyl or cyclic N) is 1. The molecule has 0 radical (unpaired) electrons. The normalized spacial score (nSPS) is 21.2. The fraction of sp³-hybridized carbons (Fsp3) is 0.438. The molecule has 2 N–H and O–H groups in total. The number of aliphatic hydroxyl groups is 1. The van der Waals surface area contributed by atoms with Gasteiger partial charge in [0, 0.05) is 32.5 Å². The number of aromatic amines is 1. The number of carbonyl (C=O) groups excluding carboxylic acids is 1. The zero-order chi connectivity index (χ0) is 16.3. The third-order valence-electron chi connectivity index (χ3n) is 4.14. The second kappa shape index (κ2) is 6.37. The van der Waals surface area contributed by atoms with Gasteiger partial charge >= 0.3 is 0 Å². The Balaban J connectivity index is 1.67. The summed E-state index contributed by atoms with van der Waals surface area (Å²) in [6.45, 7) is 1.59. The number of anilines is 1. The van der Waals surface area contributed by atoms with Crippen LogP contribution in [0, 0.1) is 0 Å². The molecule has 7 heteroatoms. The number of aromatic nitrogens is 3. The lowest BCUT2D eigenvalue weighted by molar-refractivity contribution is -0.000278. The number of H-pyrrole nitrogens is 1. The summed E-state index contributed by atoms with van der Waals surface area (Å²) in [6.07, 6.45) is 4.81. The van der Waals surface area contributed by atoms with E-state index in [1.54, 1.807) is 25.5 Å². The minimum Gasteiger partial charge on any atom is -0.386 e. The topological polar surface area (TPSA) is 85.3 Å². The standard InChI is InChI=1S/C16H21N5O2/c1-20(15(22)13-6-9-18-19-13)11-16(23)7-4-10-21(12-16)14-5-2-3-8-17-14/h2-3,5-6,8-9,23H,4,7,10-12H2,1H3,(H,18,19)/t16-/m0/s1. The van der Waals surface area contributed by atoms with E-state index in [1.807, 2.05) is 18.2 Å². The Morgan fingerprint density at radius 2 is 2.30 bits per heavy atom. The Kier molecular flexibility index (Phi) is 4.29. The van der Waals surface area contributed by atoms with Gasteiger partial charge in [-0.1, -0.05) is 6.07 Å². The van der Waals surface area contributed by atoms with Crippen molar-refractivity contribution in [2.75, 3.05) is 31.6 Å². The molecular formula is C16H21N5O2. The number of nitrogens with one attached hydrogen (secondary N) is 1. The molecule has 122 valence electrons. The Morgan fingerprint density at radius 3 is 3.00 bits per heavy atom. The number of likely N-dealkylation sites (N-methyl/N-ethyl adjacent to an activating group) is 1. The van der Waals surface area contributed by atoms with Crippen molar-refractivity contribution in [1.82, 2.24) is 20.1 Å². The second-order valence-corrected chi connectivity index (χ2v) is 6.07. The fourth-order valence-corrected chi connectivity index (χ4v) is 3.07. The smallest absolute Gasteiger partial charge is 0.271 e. The molecule has 7 nitrogen and oxygen atoms in total. The molecule has 0 spiro atoms. The van der Waals surface area contributed by atoms with Gasteiger partial charge in [-0.2, -0.15) is 5.10 Å². The Morgan fingerprint density at radius 1 is 1.43 bits per heavy atom. The van der Waals surface area contributed by atoms with Crippen LogP contribution in [0.2, 0.25) is 0 Å². The fourth-order valence-electron chi connectivity index (χ4n) is 3.07. The number of carbonyl (C=O) groups is 1. The molecule has 0 unspecified atom stereocenters. The molecule has 1 fully saturated rings. The number of hydrogen-bond acceptors (Lipinski definition) is 5.